The van der Waals surface area contributed by atoms with E-state index in [2.05, 4.69) is 4.74 Å². The van der Waals surface area contributed by atoms with E-state index in [-0.39, 0.29) is 23.9 Å². The van der Waals surface area contributed by atoms with Crippen LogP contribution in [0.25, 0.3) is 6.08 Å². The number of ether oxygens (including phenoxy) is 3. The van der Waals surface area contributed by atoms with Crippen LogP contribution in [-0.4, -0.2) is 25.6 Å². The number of para-hydroxylation sites is 1. The molecule has 6 heteroatoms. The van der Waals surface area contributed by atoms with Crippen molar-refractivity contribution in [1.82, 2.24) is 0 Å². The lowest BCUT2D eigenvalue weighted by molar-refractivity contribution is -0.0514. The summed E-state index contributed by atoms with van der Waals surface area (Å²) in [6.07, 6.45) is 1.66. The number of carbonyl (C=O) groups excluding carboxylic acids is 1. The predicted octanol–water partition coefficient (Wildman–Crippen LogP) is 4.35. The molecular weight excluding hydrogens is 330 g/mol. The van der Waals surface area contributed by atoms with E-state index >= 15 is 0 Å². The Hall–Kier alpha value is -2.89. The highest BCUT2D eigenvalue weighted by atomic mass is 19.3. The molecule has 1 aliphatic heterocycles. The normalized spacial score (nSPS) is 15.0. The second-order valence-electron chi connectivity index (χ2n) is 5.30. The van der Waals surface area contributed by atoms with Crippen molar-refractivity contribution in [3.05, 3.63) is 59.2 Å². The first kappa shape index (κ1) is 17.0. The van der Waals surface area contributed by atoms with Crippen molar-refractivity contribution in [2.45, 2.75) is 13.5 Å². The molecule has 2 aromatic carbocycles. The summed E-state index contributed by atoms with van der Waals surface area (Å²) >= 11 is 0. The summed E-state index contributed by atoms with van der Waals surface area (Å²) in [5.74, 6) is 0.588. The second-order valence-corrected chi connectivity index (χ2v) is 5.30. The number of ketones is 1. The zero-order valence-corrected chi connectivity index (χ0v) is 13.5. The van der Waals surface area contributed by atoms with E-state index in [1.54, 1.807) is 49.4 Å². The number of hydrogen-bond donors (Lipinski definition) is 0. The topological polar surface area (TPSA) is 44.8 Å². The van der Waals surface area contributed by atoms with Crippen molar-refractivity contribution in [1.29, 1.82) is 0 Å². The summed E-state index contributed by atoms with van der Waals surface area (Å²) in [7, 11) is 0. The Morgan fingerprint density at radius 1 is 1.20 bits per heavy atom. The summed E-state index contributed by atoms with van der Waals surface area (Å²) in [5.41, 5.74) is 1.61. The molecule has 25 heavy (non-hydrogen) atoms. The first-order chi connectivity index (χ1) is 12.1. The van der Waals surface area contributed by atoms with E-state index in [0.717, 1.165) is 0 Å². The number of halogens is 2. The molecule has 0 saturated carbocycles. The van der Waals surface area contributed by atoms with E-state index in [1.807, 2.05) is 0 Å². The summed E-state index contributed by atoms with van der Waals surface area (Å²) < 4.78 is 40.3. The Labute approximate surface area is 143 Å². The smallest absolute Gasteiger partial charge is 0.387 e. The van der Waals surface area contributed by atoms with Crippen LogP contribution >= 0.6 is 0 Å². The molecule has 0 N–H and O–H groups in total. The van der Waals surface area contributed by atoms with Gasteiger partial charge < -0.3 is 14.2 Å². The Balaban J connectivity index is 1.91. The third kappa shape index (κ3) is 3.79. The van der Waals surface area contributed by atoms with E-state index < -0.39 is 6.61 Å². The van der Waals surface area contributed by atoms with Gasteiger partial charge in [-0.1, -0.05) is 18.2 Å². The molecule has 1 aliphatic rings. The maximum absolute atomic E-state index is 12.5. The summed E-state index contributed by atoms with van der Waals surface area (Å²) in [4.78, 5) is 12.5. The van der Waals surface area contributed by atoms with Crippen LogP contribution in [-0.2, 0) is 0 Å². The molecule has 0 amide bonds. The Kier molecular flexibility index (Phi) is 4.97. The molecule has 0 spiro atoms. The van der Waals surface area contributed by atoms with Gasteiger partial charge in [0.2, 0.25) is 0 Å². The van der Waals surface area contributed by atoms with Crippen molar-refractivity contribution in [3.63, 3.8) is 0 Å². The summed E-state index contributed by atoms with van der Waals surface area (Å²) in [6.45, 7) is -0.745. The highest BCUT2D eigenvalue weighted by Gasteiger charge is 2.22. The van der Waals surface area contributed by atoms with Crippen molar-refractivity contribution in [2.24, 2.45) is 0 Å². The maximum atomic E-state index is 12.5. The van der Waals surface area contributed by atoms with Gasteiger partial charge in [-0.2, -0.15) is 8.78 Å². The summed E-state index contributed by atoms with van der Waals surface area (Å²) in [6, 6.07) is 11.6. The van der Waals surface area contributed by atoms with Crippen LogP contribution < -0.4 is 14.2 Å². The largest absolute Gasteiger partial charge is 0.490 e. The van der Waals surface area contributed by atoms with Gasteiger partial charge in [0, 0.05) is 5.57 Å². The molecule has 0 aromatic heterocycles. The zero-order chi connectivity index (χ0) is 17.8. The standard InChI is InChI=1S/C19H16F2O4/c1-2-23-17-10-12(7-8-16(17)25-19(20)21)9-13-11-24-15-6-4-3-5-14(15)18(13)22/h3-10,19H,2,11H2,1H3/b13-9+. The average Bonchev–Trinajstić information content (AvgIpc) is 2.60. The van der Waals surface area contributed by atoms with Crippen LogP contribution in [0.4, 0.5) is 8.78 Å². The van der Waals surface area contributed by atoms with Gasteiger partial charge in [-0.3, -0.25) is 4.79 Å². The number of benzene rings is 2. The molecule has 0 radical (unpaired) electrons. The van der Waals surface area contributed by atoms with Crippen LogP contribution in [0.1, 0.15) is 22.8 Å². The first-order valence-electron chi connectivity index (χ1n) is 7.77. The number of rotatable bonds is 5. The predicted molar refractivity (Wildman–Crippen MR) is 88.5 cm³/mol. The minimum absolute atomic E-state index is 0.0458. The monoisotopic (exact) mass is 346 g/mol. The van der Waals surface area contributed by atoms with Gasteiger partial charge in [0.05, 0.1) is 12.2 Å². The lowest BCUT2D eigenvalue weighted by Gasteiger charge is -2.18. The Morgan fingerprint density at radius 2 is 2.00 bits per heavy atom. The van der Waals surface area contributed by atoms with Gasteiger partial charge in [0.15, 0.2) is 17.3 Å². The van der Waals surface area contributed by atoms with Gasteiger partial charge >= 0.3 is 6.61 Å². The fourth-order valence-corrected chi connectivity index (χ4v) is 2.56. The highest BCUT2D eigenvalue weighted by Crippen LogP contribution is 2.32. The van der Waals surface area contributed by atoms with Crippen LogP contribution in [0.15, 0.2) is 48.0 Å². The number of hydrogen-bond acceptors (Lipinski definition) is 4. The van der Waals surface area contributed by atoms with Crippen LogP contribution in [0.3, 0.4) is 0 Å². The number of Topliss-reactive ketones (excluding diaryl/α,β-unsaturated/α-hetero) is 1. The molecule has 1 heterocycles. The molecular formula is C19H16F2O4. The number of carbonyl (C=O) groups is 1. The third-order valence-electron chi connectivity index (χ3n) is 3.63. The molecule has 0 saturated heterocycles. The fraction of sp³-hybridized carbons (Fsp3) is 0.211. The van der Waals surface area contributed by atoms with Gasteiger partial charge in [0.1, 0.15) is 12.4 Å². The molecule has 0 unspecified atom stereocenters. The van der Waals surface area contributed by atoms with Gasteiger partial charge in [-0.05, 0) is 42.8 Å². The van der Waals surface area contributed by atoms with Crippen molar-refractivity contribution >= 4 is 11.9 Å². The number of alkyl halides is 2. The summed E-state index contributed by atoms with van der Waals surface area (Å²) in [5, 5.41) is 0. The maximum Gasteiger partial charge on any atom is 0.387 e. The van der Waals surface area contributed by atoms with Gasteiger partial charge in [-0.25, -0.2) is 0 Å². The molecule has 130 valence electrons. The lowest BCUT2D eigenvalue weighted by atomic mass is 9.98. The van der Waals surface area contributed by atoms with E-state index in [9.17, 15) is 13.6 Å². The average molecular weight is 346 g/mol. The van der Waals surface area contributed by atoms with E-state index in [1.165, 1.54) is 6.07 Å². The fourth-order valence-electron chi connectivity index (χ4n) is 2.56. The van der Waals surface area contributed by atoms with Crippen LogP contribution in [0.2, 0.25) is 0 Å². The van der Waals surface area contributed by atoms with Crippen molar-refractivity contribution in [3.8, 4) is 17.2 Å². The molecule has 0 fully saturated rings. The highest BCUT2D eigenvalue weighted by molar-refractivity contribution is 6.14. The zero-order valence-electron chi connectivity index (χ0n) is 13.5. The quantitative estimate of drug-likeness (QED) is 0.755. The van der Waals surface area contributed by atoms with Crippen molar-refractivity contribution < 1.29 is 27.8 Å². The third-order valence-corrected chi connectivity index (χ3v) is 3.63. The van der Waals surface area contributed by atoms with Crippen LogP contribution in [0, 0.1) is 0 Å². The second kappa shape index (κ2) is 7.34. The van der Waals surface area contributed by atoms with Gasteiger partial charge in [-0.15, -0.1) is 0 Å². The van der Waals surface area contributed by atoms with Crippen LogP contribution in [0.5, 0.6) is 17.2 Å². The molecule has 0 atom stereocenters. The van der Waals surface area contributed by atoms with E-state index in [4.69, 9.17) is 9.47 Å². The Bertz CT molecular complexity index is 815. The van der Waals surface area contributed by atoms with E-state index in [0.29, 0.717) is 29.1 Å². The molecule has 2 aromatic rings. The number of fused-ring (bicyclic) bond motifs is 1. The minimum atomic E-state index is -2.94. The Morgan fingerprint density at radius 3 is 2.76 bits per heavy atom. The first-order valence-corrected chi connectivity index (χ1v) is 7.77. The molecule has 4 nitrogen and oxygen atoms in total. The molecule has 0 aliphatic carbocycles. The molecule has 3 rings (SSSR count). The van der Waals surface area contributed by atoms with Gasteiger partial charge in [0.25, 0.3) is 0 Å². The molecule has 0 bridgehead atoms. The van der Waals surface area contributed by atoms with Crippen molar-refractivity contribution in [2.75, 3.05) is 13.2 Å². The minimum Gasteiger partial charge on any atom is -0.490 e. The lowest BCUT2D eigenvalue weighted by Crippen LogP contribution is -2.18. The SMILES string of the molecule is CCOc1cc(/C=C2\COc3ccccc3C2=O)ccc1OC(F)F.